The number of imidazole rings is 1. The van der Waals surface area contributed by atoms with Crippen molar-refractivity contribution in [2.24, 2.45) is 0 Å². The lowest BCUT2D eigenvalue weighted by Crippen LogP contribution is -2.36. The second kappa shape index (κ2) is 12.3. The van der Waals surface area contributed by atoms with E-state index in [2.05, 4.69) is 31.2 Å². The molecule has 4 nitrogen and oxygen atoms in total. The van der Waals surface area contributed by atoms with E-state index in [0.717, 1.165) is 17.5 Å². The number of carbonyl (C=O) groups is 1. The van der Waals surface area contributed by atoms with Crippen LogP contribution in [0.25, 0.3) is 0 Å². The lowest BCUT2D eigenvalue weighted by molar-refractivity contribution is -0.682. The number of nitrogens with zero attached hydrogens (tertiary/aromatic N) is 2. The largest absolute Gasteiger partial charge is 0.369 e. The molecule has 0 aliphatic rings. The zero-order chi connectivity index (χ0) is 25.5. The number of aromatic nitrogens is 2. The van der Waals surface area contributed by atoms with Crippen molar-refractivity contribution < 1.29 is 18.5 Å². The molecular weight excluding hydrogens is 498 g/mol. The summed E-state index contributed by atoms with van der Waals surface area (Å²) in [5.41, 5.74) is 3.81. The average Bonchev–Trinajstić information content (AvgIpc) is 3.31. The molecule has 0 aliphatic heterocycles. The maximum Gasteiger partial charge on any atom is 0.244 e. The first-order valence-corrected chi connectivity index (χ1v) is 12.6. The highest BCUT2D eigenvalue weighted by Crippen LogP contribution is 2.24. The second-order valence-electron chi connectivity index (χ2n) is 8.65. The van der Waals surface area contributed by atoms with Crippen LogP contribution in [0.2, 0.25) is 10.0 Å². The molecule has 7 heteroatoms. The summed E-state index contributed by atoms with van der Waals surface area (Å²) in [7, 11) is 0. The number of ketones is 1. The maximum atomic E-state index is 13.2. The molecule has 0 radical (unpaired) electrons. The molecule has 1 aromatic heterocycles. The molecule has 3 aromatic carbocycles. The van der Waals surface area contributed by atoms with Gasteiger partial charge in [0.15, 0.2) is 6.54 Å². The van der Waals surface area contributed by atoms with Gasteiger partial charge in [-0.3, -0.25) is 4.79 Å². The standard InChI is InChI=1S/C29H28Cl2FN2O2/c1-2-21-3-5-24(6-4-21)29(36-16-13-22-7-10-25(30)17-27(22)31)19-34-15-14-33(20-34)18-28(35)23-8-11-26(32)12-9-23/h3-12,14-15,17,20,29H,2,13,16,18-19H2,1H3/q+1. The predicted octanol–water partition coefficient (Wildman–Crippen LogP) is 6.67. The number of ether oxygens (including phenoxy) is 1. The Balaban J connectivity index is 1.44. The smallest absolute Gasteiger partial charge is 0.244 e. The van der Waals surface area contributed by atoms with E-state index in [0.29, 0.717) is 35.2 Å². The molecule has 1 unspecified atom stereocenters. The summed E-state index contributed by atoms with van der Waals surface area (Å²) < 4.78 is 23.3. The van der Waals surface area contributed by atoms with Crippen molar-refractivity contribution in [3.05, 3.63) is 124 Å². The molecule has 0 saturated heterocycles. The van der Waals surface area contributed by atoms with E-state index in [1.54, 1.807) is 6.07 Å². The molecule has 0 saturated carbocycles. The molecule has 1 heterocycles. The molecule has 0 aliphatic carbocycles. The van der Waals surface area contributed by atoms with Crippen LogP contribution >= 0.6 is 23.2 Å². The van der Waals surface area contributed by atoms with E-state index in [1.807, 2.05) is 40.0 Å². The first-order valence-electron chi connectivity index (χ1n) is 11.9. The number of aryl methyl sites for hydroxylation is 1. The summed E-state index contributed by atoms with van der Waals surface area (Å²) in [4.78, 5) is 12.6. The summed E-state index contributed by atoms with van der Waals surface area (Å²) in [6.45, 7) is 3.37. The van der Waals surface area contributed by atoms with Crippen LogP contribution in [0.1, 0.15) is 40.1 Å². The number of carbonyl (C=O) groups excluding carboxylic acids is 1. The molecule has 4 aromatic rings. The SMILES string of the molecule is CCc1ccc(C(Cn2cc[n+](CC(=O)c3ccc(F)cc3)c2)OCCc2ccc(Cl)cc2Cl)cc1. The minimum absolute atomic E-state index is 0.0828. The first kappa shape index (κ1) is 26.1. The van der Waals surface area contributed by atoms with Crippen LogP contribution in [-0.2, 0) is 30.7 Å². The highest BCUT2D eigenvalue weighted by atomic mass is 35.5. The van der Waals surface area contributed by atoms with Crippen molar-refractivity contribution >= 4 is 29.0 Å². The Bertz CT molecular complexity index is 1300. The van der Waals surface area contributed by atoms with Crippen molar-refractivity contribution in [3.8, 4) is 0 Å². The van der Waals surface area contributed by atoms with E-state index in [4.69, 9.17) is 27.9 Å². The average molecular weight is 526 g/mol. The lowest BCUT2D eigenvalue weighted by Gasteiger charge is -2.17. The third kappa shape index (κ3) is 7.03. The summed E-state index contributed by atoms with van der Waals surface area (Å²) in [5, 5.41) is 1.24. The Morgan fingerprint density at radius 3 is 2.50 bits per heavy atom. The minimum Gasteiger partial charge on any atom is -0.369 e. The monoisotopic (exact) mass is 525 g/mol. The van der Waals surface area contributed by atoms with Crippen LogP contribution in [0.5, 0.6) is 0 Å². The van der Waals surface area contributed by atoms with E-state index in [1.165, 1.54) is 29.8 Å². The fourth-order valence-corrected chi connectivity index (χ4v) is 4.49. The summed E-state index contributed by atoms with van der Waals surface area (Å²) in [6.07, 6.45) is 7.11. The Morgan fingerprint density at radius 2 is 1.81 bits per heavy atom. The number of halogens is 3. The van der Waals surface area contributed by atoms with Crippen LogP contribution in [0, 0.1) is 5.82 Å². The summed E-state index contributed by atoms with van der Waals surface area (Å²) in [6, 6.07) is 19.6. The van der Waals surface area contributed by atoms with Crippen molar-refractivity contribution in [2.45, 2.75) is 39.0 Å². The van der Waals surface area contributed by atoms with Crippen LogP contribution in [0.15, 0.2) is 85.5 Å². The minimum atomic E-state index is -0.360. The normalized spacial score (nSPS) is 12.0. The molecule has 4 rings (SSSR count). The number of rotatable bonds is 11. The molecule has 1 atom stereocenters. The van der Waals surface area contributed by atoms with Gasteiger partial charge in [-0.1, -0.05) is 60.5 Å². The fraction of sp³-hybridized carbons (Fsp3) is 0.241. The maximum absolute atomic E-state index is 13.2. The molecule has 0 amide bonds. The van der Waals surface area contributed by atoms with Gasteiger partial charge in [0.05, 0.1) is 6.61 Å². The van der Waals surface area contributed by atoms with E-state index in [9.17, 15) is 9.18 Å². The van der Waals surface area contributed by atoms with Crippen LogP contribution in [0.3, 0.4) is 0 Å². The number of benzene rings is 3. The van der Waals surface area contributed by atoms with Gasteiger partial charge in [0.2, 0.25) is 12.1 Å². The molecule has 36 heavy (non-hydrogen) atoms. The van der Waals surface area contributed by atoms with Gasteiger partial charge in [-0.15, -0.1) is 0 Å². The van der Waals surface area contributed by atoms with Gasteiger partial charge < -0.3 is 4.74 Å². The summed E-state index contributed by atoms with van der Waals surface area (Å²) >= 11 is 12.3. The van der Waals surface area contributed by atoms with Gasteiger partial charge in [0.1, 0.15) is 30.9 Å². The van der Waals surface area contributed by atoms with Gasteiger partial charge in [-0.05, 0) is 65.9 Å². The number of Topliss-reactive ketones (excluding diaryl/α,β-unsaturated/α-hetero) is 1. The van der Waals surface area contributed by atoms with E-state index in [-0.39, 0.29) is 24.2 Å². The summed E-state index contributed by atoms with van der Waals surface area (Å²) in [5.74, 6) is -0.442. The quantitative estimate of drug-likeness (QED) is 0.162. The predicted molar refractivity (Wildman–Crippen MR) is 140 cm³/mol. The fourth-order valence-electron chi connectivity index (χ4n) is 3.98. The van der Waals surface area contributed by atoms with Crippen LogP contribution < -0.4 is 4.57 Å². The van der Waals surface area contributed by atoms with Gasteiger partial charge >= 0.3 is 0 Å². The number of hydrogen-bond acceptors (Lipinski definition) is 2. The first-order chi connectivity index (χ1) is 17.4. The van der Waals surface area contributed by atoms with E-state index >= 15 is 0 Å². The van der Waals surface area contributed by atoms with Gasteiger partial charge in [-0.2, -0.15) is 0 Å². The molecule has 0 N–H and O–H groups in total. The zero-order valence-electron chi connectivity index (χ0n) is 20.0. The third-order valence-electron chi connectivity index (χ3n) is 6.08. The molecule has 0 bridgehead atoms. The second-order valence-corrected chi connectivity index (χ2v) is 9.50. The van der Waals surface area contributed by atoms with E-state index < -0.39 is 0 Å². The number of hydrogen-bond donors (Lipinski definition) is 0. The van der Waals surface area contributed by atoms with Crippen molar-refractivity contribution in [1.29, 1.82) is 0 Å². The van der Waals surface area contributed by atoms with Gasteiger partial charge in [-0.25, -0.2) is 13.5 Å². The molecular formula is C29H28Cl2FN2O2+. The lowest BCUT2D eigenvalue weighted by atomic mass is 10.1. The van der Waals surface area contributed by atoms with Crippen molar-refractivity contribution in [3.63, 3.8) is 0 Å². The Kier molecular flexibility index (Phi) is 8.92. The van der Waals surface area contributed by atoms with Crippen LogP contribution in [0.4, 0.5) is 4.39 Å². The van der Waals surface area contributed by atoms with Gasteiger partial charge in [0, 0.05) is 15.6 Å². The van der Waals surface area contributed by atoms with Crippen molar-refractivity contribution in [1.82, 2.24) is 4.57 Å². The molecule has 0 spiro atoms. The molecule has 186 valence electrons. The Hall–Kier alpha value is -2.99. The van der Waals surface area contributed by atoms with Gasteiger partial charge in [0.25, 0.3) is 0 Å². The highest BCUT2D eigenvalue weighted by molar-refractivity contribution is 6.35. The zero-order valence-corrected chi connectivity index (χ0v) is 21.6. The highest BCUT2D eigenvalue weighted by Gasteiger charge is 2.18. The Labute approximate surface area is 220 Å². The van der Waals surface area contributed by atoms with Crippen molar-refractivity contribution in [2.75, 3.05) is 6.61 Å². The topological polar surface area (TPSA) is 35.1 Å². The van der Waals surface area contributed by atoms with Crippen LogP contribution in [-0.4, -0.2) is 17.0 Å². The molecule has 0 fully saturated rings. The Morgan fingerprint density at radius 1 is 1.06 bits per heavy atom. The third-order valence-corrected chi connectivity index (χ3v) is 6.67.